The number of H-pyrrole nitrogens is 1. The molecule has 8 nitrogen and oxygen atoms in total. The Hall–Kier alpha value is -2.78. The van der Waals surface area contributed by atoms with Crippen LogP contribution in [0.3, 0.4) is 0 Å². The van der Waals surface area contributed by atoms with Crippen molar-refractivity contribution in [2.75, 3.05) is 24.6 Å². The van der Waals surface area contributed by atoms with Crippen molar-refractivity contribution in [2.24, 2.45) is 0 Å². The van der Waals surface area contributed by atoms with Crippen LogP contribution in [0.25, 0.3) is 21.9 Å². The van der Waals surface area contributed by atoms with E-state index in [1.54, 1.807) is 6.07 Å². The van der Waals surface area contributed by atoms with Crippen molar-refractivity contribution < 1.29 is 24.1 Å². The van der Waals surface area contributed by atoms with Crippen LogP contribution in [0.4, 0.5) is 10.2 Å². The molecule has 4 rings (SSSR count). The van der Waals surface area contributed by atoms with Crippen molar-refractivity contribution in [3.05, 3.63) is 30.3 Å². The largest absolute Gasteiger partial charge is 0.481 e. The molecule has 0 spiro atoms. The summed E-state index contributed by atoms with van der Waals surface area (Å²) in [6.07, 6.45) is 0.158. The molecule has 9 heteroatoms. The van der Waals surface area contributed by atoms with Crippen LogP contribution in [0.15, 0.2) is 24.5 Å². The second-order valence-electron chi connectivity index (χ2n) is 6.30. The number of aliphatic carboxylic acids is 1. The van der Waals surface area contributed by atoms with Crippen LogP contribution in [0.2, 0.25) is 0 Å². The number of benzene rings is 1. The SMILES string of the molecule is O=C(O)C[C@H]1CN(c2ncnc3[nH]c4cc(F)ccc4c23)C[C@@H](CO)O1. The van der Waals surface area contributed by atoms with E-state index < -0.39 is 18.2 Å². The van der Waals surface area contributed by atoms with Crippen molar-refractivity contribution >= 4 is 33.7 Å². The van der Waals surface area contributed by atoms with Crippen LogP contribution in [0, 0.1) is 5.82 Å². The Balaban J connectivity index is 1.79. The number of anilines is 1. The van der Waals surface area contributed by atoms with Gasteiger partial charge in [0.25, 0.3) is 0 Å². The quantitative estimate of drug-likeness (QED) is 0.643. The number of aliphatic hydroxyl groups is 1. The zero-order chi connectivity index (χ0) is 18.3. The van der Waals surface area contributed by atoms with Gasteiger partial charge in [0.15, 0.2) is 0 Å². The molecule has 0 radical (unpaired) electrons. The topological polar surface area (TPSA) is 112 Å². The first-order valence-electron chi connectivity index (χ1n) is 8.20. The fraction of sp³-hybridized carbons (Fsp3) is 0.353. The van der Waals surface area contributed by atoms with Crippen molar-refractivity contribution in [1.82, 2.24) is 15.0 Å². The molecule has 0 unspecified atom stereocenters. The molecule has 1 fully saturated rings. The van der Waals surface area contributed by atoms with Crippen LogP contribution in [0.1, 0.15) is 6.42 Å². The molecule has 1 saturated heterocycles. The maximum Gasteiger partial charge on any atom is 0.306 e. The van der Waals surface area contributed by atoms with Gasteiger partial charge in [-0.1, -0.05) is 0 Å². The number of hydrogen-bond acceptors (Lipinski definition) is 6. The van der Waals surface area contributed by atoms with Crippen LogP contribution in [-0.4, -0.2) is 63.0 Å². The zero-order valence-corrected chi connectivity index (χ0v) is 13.7. The fourth-order valence-electron chi connectivity index (χ4n) is 3.43. The smallest absolute Gasteiger partial charge is 0.306 e. The standard InChI is InChI=1S/C17H17FN4O4/c18-9-1-2-12-13(3-9)21-16-15(12)17(20-8-19-16)22-5-10(4-14(24)25)26-11(6-22)7-23/h1-3,8,10-11,23H,4-7H2,(H,24,25)(H,19,20,21)/t10-,11-/m0/s1. The summed E-state index contributed by atoms with van der Waals surface area (Å²) in [6.45, 7) is 0.468. The average molecular weight is 360 g/mol. The van der Waals surface area contributed by atoms with E-state index in [0.29, 0.717) is 30.1 Å². The molecule has 3 aromatic rings. The number of carboxylic acid groups (broad SMARTS) is 1. The van der Waals surface area contributed by atoms with Gasteiger partial charge in [0.1, 0.15) is 23.6 Å². The molecule has 0 bridgehead atoms. The Kier molecular flexibility index (Phi) is 4.17. The van der Waals surface area contributed by atoms with Gasteiger partial charge in [-0.15, -0.1) is 0 Å². The average Bonchev–Trinajstić information content (AvgIpc) is 2.98. The van der Waals surface area contributed by atoms with Gasteiger partial charge in [0.05, 0.1) is 36.1 Å². The van der Waals surface area contributed by atoms with Crippen LogP contribution >= 0.6 is 0 Å². The molecule has 2 aromatic heterocycles. The lowest BCUT2D eigenvalue weighted by Crippen LogP contribution is -2.50. The lowest BCUT2D eigenvalue weighted by molar-refractivity contribution is -0.142. The second-order valence-corrected chi connectivity index (χ2v) is 6.30. The third-order valence-electron chi connectivity index (χ3n) is 4.47. The van der Waals surface area contributed by atoms with Gasteiger partial charge in [0.2, 0.25) is 0 Å². The van der Waals surface area contributed by atoms with Crippen molar-refractivity contribution in [1.29, 1.82) is 0 Å². The Morgan fingerprint density at radius 1 is 1.35 bits per heavy atom. The maximum atomic E-state index is 13.5. The third-order valence-corrected chi connectivity index (χ3v) is 4.47. The lowest BCUT2D eigenvalue weighted by Gasteiger charge is -2.37. The minimum absolute atomic E-state index is 0.166. The molecule has 1 aliphatic rings. The van der Waals surface area contributed by atoms with Crippen LogP contribution in [-0.2, 0) is 9.53 Å². The summed E-state index contributed by atoms with van der Waals surface area (Å²) >= 11 is 0. The number of aromatic nitrogens is 3. The van der Waals surface area contributed by atoms with Crippen molar-refractivity contribution in [3.8, 4) is 0 Å². The van der Waals surface area contributed by atoms with Crippen LogP contribution in [0.5, 0.6) is 0 Å². The van der Waals surface area contributed by atoms with Crippen molar-refractivity contribution in [2.45, 2.75) is 18.6 Å². The minimum atomic E-state index is -0.969. The Bertz CT molecular complexity index is 976. The molecule has 1 aliphatic heterocycles. The van der Waals surface area contributed by atoms with E-state index in [4.69, 9.17) is 9.84 Å². The second kappa shape index (κ2) is 6.50. The minimum Gasteiger partial charge on any atom is -0.481 e. The predicted octanol–water partition coefficient (Wildman–Crippen LogP) is 1.29. The Labute approximate surface area is 147 Å². The molecular weight excluding hydrogens is 343 g/mol. The van der Waals surface area contributed by atoms with Crippen molar-refractivity contribution in [3.63, 3.8) is 0 Å². The normalized spacial score (nSPS) is 20.8. The van der Waals surface area contributed by atoms with Gasteiger partial charge in [-0.05, 0) is 18.2 Å². The molecule has 0 amide bonds. The number of ether oxygens (including phenoxy) is 1. The molecule has 0 aliphatic carbocycles. The van der Waals surface area contributed by atoms with E-state index in [1.165, 1.54) is 18.5 Å². The first-order valence-corrected chi connectivity index (χ1v) is 8.20. The molecule has 26 heavy (non-hydrogen) atoms. The number of halogens is 1. The predicted molar refractivity (Wildman–Crippen MR) is 91.6 cm³/mol. The van der Waals surface area contributed by atoms with E-state index in [1.807, 2.05) is 4.90 Å². The van der Waals surface area contributed by atoms with Gasteiger partial charge in [0, 0.05) is 18.5 Å². The molecular formula is C17H17FN4O4. The highest BCUT2D eigenvalue weighted by atomic mass is 19.1. The number of morpholine rings is 1. The van der Waals surface area contributed by atoms with E-state index in [0.717, 1.165) is 10.8 Å². The summed E-state index contributed by atoms with van der Waals surface area (Å²) in [5.74, 6) is -0.722. The van der Waals surface area contributed by atoms with E-state index in [9.17, 15) is 14.3 Å². The summed E-state index contributed by atoms with van der Waals surface area (Å²) in [6, 6.07) is 4.42. The number of aliphatic hydroxyl groups excluding tert-OH is 1. The van der Waals surface area contributed by atoms with E-state index in [-0.39, 0.29) is 18.8 Å². The molecule has 1 aromatic carbocycles. The summed E-state index contributed by atoms with van der Waals surface area (Å²) < 4.78 is 19.1. The highest BCUT2D eigenvalue weighted by Crippen LogP contribution is 2.32. The first-order chi connectivity index (χ1) is 12.5. The van der Waals surface area contributed by atoms with Gasteiger partial charge in [-0.25, -0.2) is 14.4 Å². The lowest BCUT2D eigenvalue weighted by atomic mass is 10.1. The summed E-state index contributed by atoms with van der Waals surface area (Å²) in [7, 11) is 0. The van der Waals surface area contributed by atoms with Gasteiger partial charge >= 0.3 is 5.97 Å². The number of carboxylic acids is 1. The Morgan fingerprint density at radius 2 is 2.15 bits per heavy atom. The van der Waals surface area contributed by atoms with E-state index >= 15 is 0 Å². The number of fused-ring (bicyclic) bond motifs is 3. The third kappa shape index (κ3) is 2.95. The van der Waals surface area contributed by atoms with Gasteiger partial charge in [-0.3, -0.25) is 4.79 Å². The highest BCUT2D eigenvalue weighted by Gasteiger charge is 2.31. The maximum absolute atomic E-state index is 13.5. The van der Waals surface area contributed by atoms with Gasteiger partial charge < -0.3 is 24.8 Å². The fourth-order valence-corrected chi connectivity index (χ4v) is 3.43. The molecule has 2 atom stereocenters. The Morgan fingerprint density at radius 3 is 2.92 bits per heavy atom. The summed E-state index contributed by atoms with van der Waals surface area (Å²) in [4.78, 5) is 24.6. The number of hydrogen-bond donors (Lipinski definition) is 3. The molecule has 3 heterocycles. The molecule has 136 valence electrons. The number of nitrogens with one attached hydrogen (secondary N) is 1. The van der Waals surface area contributed by atoms with E-state index in [2.05, 4.69) is 15.0 Å². The summed E-state index contributed by atoms with van der Waals surface area (Å²) in [5.41, 5.74) is 1.17. The first kappa shape index (κ1) is 16.7. The number of carbonyl (C=O) groups is 1. The summed E-state index contributed by atoms with van der Waals surface area (Å²) in [5, 5.41) is 20.1. The zero-order valence-electron chi connectivity index (χ0n) is 13.7. The number of nitrogens with zero attached hydrogens (tertiary/aromatic N) is 3. The molecule has 0 saturated carbocycles. The monoisotopic (exact) mass is 360 g/mol. The van der Waals surface area contributed by atoms with Gasteiger partial charge in [-0.2, -0.15) is 0 Å². The molecule has 3 N–H and O–H groups in total. The van der Waals surface area contributed by atoms with Crippen LogP contribution < -0.4 is 4.90 Å². The number of aromatic amines is 1. The number of rotatable bonds is 4. The highest BCUT2D eigenvalue weighted by molar-refractivity contribution is 6.11.